The Hall–Kier alpha value is -1.92. The number of sulfone groups is 1. The lowest BCUT2D eigenvalue weighted by molar-refractivity contribution is -0.132. The summed E-state index contributed by atoms with van der Waals surface area (Å²) >= 11 is 0. The van der Waals surface area contributed by atoms with Gasteiger partial charge in [-0.25, -0.2) is 8.42 Å². The highest BCUT2D eigenvalue weighted by Crippen LogP contribution is 2.67. The SMILES string of the molecule is COC1=CC2=CC[C@H]3[C@@H]4CC(S(=O)(=O)c5ccc(C)cc5)[C@H](C(=O)CO)[C@@]4(C)CC[C@@H]3[C@@]2(C)CC1. The molecule has 5 rings (SSSR count). The number of carbonyl (C=O) groups is 1. The highest BCUT2D eigenvalue weighted by Gasteiger charge is 2.64. The van der Waals surface area contributed by atoms with Gasteiger partial charge in [-0.3, -0.25) is 4.79 Å². The topological polar surface area (TPSA) is 80.7 Å². The second-order valence-electron chi connectivity index (χ2n) is 11.8. The number of rotatable bonds is 5. The van der Waals surface area contributed by atoms with Gasteiger partial charge in [0.25, 0.3) is 0 Å². The number of hydrogen-bond acceptors (Lipinski definition) is 5. The first-order valence-corrected chi connectivity index (χ1v) is 14.5. The molecule has 7 atom stereocenters. The third-order valence-electron chi connectivity index (χ3n) is 10.3. The number of methoxy groups -OCH3 is 1. The zero-order valence-corrected chi connectivity index (χ0v) is 22.1. The molecule has 5 nitrogen and oxygen atoms in total. The van der Waals surface area contributed by atoms with E-state index in [9.17, 15) is 18.3 Å². The molecule has 0 radical (unpaired) electrons. The van der Waals surface area contributed by atoms with Crippen LogP contribution in [0.1, 0.15) is 57.9 Å². The molecule has 0 saturated heterocycles. The van der Waals surface area contributed by atoms with Gasteiger partial charge in [-0.2, -0.15) is 0 Å². The van der Waals surface area contributed by atoms with E-state index in [2.05, 4.69) is 26.0 Å². The summed E-state index contributed by atoms with van der Waals surface area (Å²) in [5.74, 6) is 0.973. The first-order valence-electron chi connectivity index (χ1n) is 13.0. The largest absolute Gasteiger partial charge is 0.501 e. The number of aliphatic hydroxyl groups is 1. The number of ether oxygens (including phenoxy) is 1. The maximum atomic E-state index is 13.9. The summed E-state index contributed by atoms with van der Waals surface area (Å²) < 4.78 is 33.4. The van der Waals surface area contributed by atoms with Gasteiger partial charge in [-0.1, -0.05) is 37.6 Å². The molecule has 1 N–H and O–H groups in total. The van der Waals surface area contributed by atoms with Crippen molar-refractivity contribution < 1.29 is 23.1 Å². The number of aliphatic hydroxyl groups excluding tert-OH is 1. The Morgan fingerprint density at radius 2 is 1.86 bits per heavy atom. The summed E-state index contributed by atoms with van der Waals surface area (Å²) in [6.07, 6.45) is 9.70. The van der Waals surface area contributed by atoms with Crippen molar-refractivity contribution in [3.63, 3.8) is 0 Å². The molecule has 0 aromatic heterocycles. The molecule has 2 fully saturated rings. The molecule has 35 heavy (non-hydrogen) atoms. The molecule has 1 aromatic carbocycles. The third kappa shape index (κ3) is 3.66. The molecule has 1 aromatic rings. The van der Waals surface area contributed by atoms with Crippen molar-refractivity contribution in [1.82, 2.24) is 0 Å². The minimum absolute atomic E-state index is 0.0523. The number of allylic oxidation sites excluding steroid dienone is 4. The number of benzene rings is 1. The first-order chi connectivity index (χ1) is 16.6. The number of carbonyl (C=O) groups excluding carboxylic acids is 1. The Kier molecular flexibility index (Phi) is 6.07. The average Bonchev–Trinajstić information content (AvgIpc) is 3.17. The predicted octanol–water partition coefficient (Wildman–Crippen LogP) is 5.03. The minimum atomic E-state index is -3.72. The highest BCUT2D eigenvalue weighted by molar-refractivity contribution is 7.92. The standard InChI is InChI=1S/C29H38O5S/c1-18-5-8-21(9-6-18)35(32,33)26-16-24-22-10-7-19-15-20(34-4)11-13-28(19,2)23(22)12-14-29(24,3)27(26)25(31)17-30/h5-9,15,22-24,26-27,30H,10-14,16-17H2,1-4H3/t22-,23+,24+,26?,27+,28+,29+/m1/s1. The van der Waals surface area contributed by atoms with Crippen molar-refractivity contribution in [2.24, 2.45) is 34.5 Å². The molecule has 6 heteroatoms. The van der Waals surface area contributed by atoms with Crippen LogP contribution in [-0.2, 0) is 19.4 Å². The molecule has 0 aliphatic heterocycles. The van der Waals surface area contributed by atoms with Gasteiger partial charge in [0.2, 0.25) is 0 Å². The summed E-state index contributed by atoms with van der Waals surface area (Å²) in [6, 6.07) is 6.96. The van der Waals surface area contributed by atoms with E-state index in [0.29, 0.717) is 18.3 Å². The van der Waals surface area contributed by atoms with E-state index in [1.807, 2.05) is 19.1 Å². The van der Waals surface area contributed by atoms with Crippen LogP contribution in [-0.4, -0.2) is 38.3 Å². The zero-order valence-electron chi connectivity index (χ0n) is 21.3. The van der Waals surface area contributed by atoms with Crippen LogP contribution in [0.15, 0.2) is 52.6 Å². The van der Waals surface area contributed by atoms with Gasteiger partial charge >= 0.3 is 0 Å². The lowest BCUT2D eigenvalue weighted by Gasteiger charge is -2.56. The summed E-state index contributed by atoms with van der Waals surface area (Å²) in [5.41, 5.74) is 1.98. The summed E-state index contributed by atoms with van der Waals surface area (Å²) in [5, 5.41) is 9.11. The molecular formula is C29H38O5S. The lowest BCUT2D eigenvalue weighted by Crippen LogP contribution is -2.50. The normalized spacial score (nSPS) is 38.5. The van der Waals surface area contributed by atoms with E-state index in [4.69, 9.17) is 4.74 Å². The van der Waals surface area contributed by atoms with Crippen molar-refractivity contribution in [3.8, 4) is 0 Å². The van der Waals surface area contributed by atoms with Gasteiger partial charge in [0.1, 0.15) is 6.61 Å². The quantitative estimate of drug-likeness (QED) is 0.616. The smallest absolute Gasteiger partial charge is 0.181 e. The van der Waals surface area contributed by atoms with Gasteiger partial charge in [0.15, 0.2) is 15.6 Å². The summed E-state index contributed by atoms with van der Waals surface area (Å²) in [6.45, 7) is 5.82. The summed E-state index contributed by atoms with van der Waals surface area (Å²) in [4.78, 5) is 13.5. The van der Waals surface area contributed by atoms with Crippen molar-refractivity contribution in [2.75, 3.05) is 13.7 Å². The van der Waals surface area contributed by atoms with Crippen molar-refractivity contribution in [3.05, 3.63) is 53.3 Å². The van der Waals surface area contributed by atoms with Crippen LogP contribution in [0.4, 0.5) is 0 Å². The lowest BCUT2D eigenvalue weighted by atomic mass is 9.48. The fourth-order valence-electron chi connectivity index (χ4n) is 8.33. The Bertz CT molecular complexity index is 1180. The molecule has 2 saturated carbocycles. The fraction of sp³-hybridized carbons (Fsp3) is 0.621. The second kappa shape index (κ2) is 8.58. The van der Waals surface area contributed by atoms with Crippen LogP contribution < -0.4 is 0 Å². The number of hydrogen-bond donors (Lipinski definition) is 1. The van der Waals surface area contributed by atoms with E-state index in [-0.39, 0.29) is 22.0 Å². The minimum Gasteiger partial charge on any atom is -0.501 e. The first kappa shape index (κ1) is 24.8. The highest BCUT2D eigenvalue weighted by atomic mass is 32.2. The van der Waals surface area contributed by atoms with Crippen LogP contribution in [0.25, 0.3) is 0 Å². The predicted molar refractivity (Wildman–Crippen MR) is 135 cm³/mol. The fourth-order valence-corrected chi connectivity index (χ4v) is 10.5. The van der Waals surface area contributed by atoms with E-state index in [1.165, 1.54) is 5.57 Å². The van der Waals surface area contributed by atoms with E-state index >= 15 is 0 Å². The van der Waals surface area contributed by atoms with Gasteiger partial charge in [-0.05, 0) is 91.4 Å². The Morgan fingerprint density at radius 3 is 2.51 bits per heavy atom. The van der Waals surface area contributed by atoms with Gasteiger partial charge < -0.3 is 9.84 Å². The van der Waals surface area contributed by atoms with Crippen LogP contribution in [0.3, 0.4) is 0 Å². The Balaban J connectivity index is 1.55. The maximum Gasteiger partial charge on any atom is 0.181 e. The van der Waals surface area contributed by atoms with Crippen LogP contribution in [0.2, 0.25) is 0 Å². The summed E-state index contributed by atoms with van der Waals surface area (Å²) in [7, 11) is -1.98. The molecule has 1 unspecified atom stereocenters. The van der Waals surface area contributed by atoms with Crippen molar-refractivity contribution in [1.29, 1.82) is 0 Å². The van der Waals surface area contributed by atoms with Gasteiger partial charge in [0.05, 0.1) is 23.0 Å². The Labute approximate surface area is 209 Å². The molecular weight excluding hydrogens is 460 g/mol. The molecule has 0 bridgehead atoms. The zero-order chi connectivity index (χ0) is 25.2. The second-order valence-corrected chi connectivity index (χ2v) is 13.9. The molecule has 4 aliphatic carbocycles. The van der Waals surface area contributed by atoms with E-state index in [1.54, 1.807) is 19.2 Å². The van der Waals surface area contributed by atoms with E-state index < -0.39 is 33.0 Å². The average molecular weight is 499 g/mol. The molecule has 0 amide bonds. The van der Waals surface area contributed by atoms with Gasteiger partial charge in [-0.15, -0.1) is 0 Å². The van der Waals surface area contributed by atoms with E-state index in [0.717, 1.165) is 43.4 Å². The molecule has 4 aliphatic rings. The Morgan fingerprint density at radius 1 is 1.14 bits per heavy atom. The third-order valence-corrected chi connectivity index (χ3v) is 12.4. The molecule has 0 spiro atoms. The molecule has 190 valence electrons. The number of Topliss-reactive ketones (excluding diaryl/α,β-unsaturated/α-hetero) is 1. The monoisotopic (exact) mass is 498 g/mol. The number of aryl methyl sites for hydroxylation is 1. The van der Waals surface area contributed by atoms with Crippen LogP contribution >= 0.6 is 0 Å². The molecule has 0 heterocycles. The maximum absolute atomic E-state index is 13.9. The van der Waals surface area contributed by atoms with Crippen molar-refractivity contribution in [2.45, 2.75) is 69.4 Å². The number of fused-ring (bicyclic) bond motifs is 5. The van der Waals surface area contributed by atoms with Crippen LogP contribution in [0.5, 0.6) is 0 Å². The number of ketones is 1. The van der Waals surface area contributed by atoms with Gasteiger partial charge in [0, 0.05) is 12.3 Å². The van der Waals surface area contributed by atoms with Crippen LogP contribution in [0, 0.1) is 41.4 Å². The van der Waals surface area contributed by atoms with Crippen molar-refractivity contribution >= 4 is 15.6 Å².